The Morgan fingerprint density at radius 1 is 0.919 bits per heavy atom. The number of likely N-dealkylation sites (tertiary alicyclic amines) is 1. The zero-order valence-corrected chi connectivity index (χ0v) is 19.6. The van der Waals surface area contributed by atoms with E-state index in [-0.39, 0.29) is 23.1 Å². The lowest BCUT2D eigenvalue weighted by molar-refractivity contribution is -0.141. The summed E-state index contributed by atoms with van der Waals surface area (Å²) >= 11 is 0. The van der Waals surface area contributed by atoms with Gasteiger partial charge in [-0.2, -0.15) is 13.2 Å². The first-order valence-electron chi connectivity index (χ1n) is 11.7. The molecule has 0 bridgehead atoms. The van der Waals surface area contributed by atoms with Crippen LogP contribution in [0.5, 0.6) is 0 Å². The number of carbonyl (C=O) groups excluding carboxylic acids is 2. The van der Waals surface area contributed by atoms with Crippen LogP contribution in [0.1, 0.15) is 50.9 Å². The van der Waals surface area contributed by atoms with Gasteiger partial charge in [0.2, 0.25) is 0 Å². The lowest BCUT2D eigenvalue weighted by atomic mass is 9.89. The number of pyridine rings is 3. The SMILES string of the molecule is O=C(Nc1ccc(C2CCN(C(=O)c3ccnc(C(F)(F)F)c3)CC2)cc1)c1ccc2cccnc2n1. The summed E-state index contributed by atoms with van der Waals surface area (Å²) in [6.45, 7) is 0.876. The van der Waals surface area contributed by atoms with Crippen LogP contribution in [0.3, 0.4) is 0 Å². The van der Waals surface area contributed by atoms with E-state index in [1.807, 2.05) is 30.3 Å². The van der Waals surface area contributed by atoms with Gasteiger partial charge in [0.25, 0.3) is 11.8 Å². The van der Waals surface area contributed by atoms with Gasteiger partial charge in [-0.1, -0.05) is 12.1 Å². The summed E-state index contributed by atoms with van der Waals surface area (Å²) in [6, 6.07) is 16.7. The number of alkyl halides is 3. The molecule has 1 aliphatic heterocycles. The minimum absolute atomic E-state index is 0.0162. The average molecular weight is 506 g/mol. The monoisotopic (exact) mass is 505 g/mol. The predicted molar refractivity (Wildman–Crippen MR) is 131 cm³/mol. The van der Waals surface area contributed by atoms with Crippen LogP contribution in [0, 0.1) is 0 Å². The van der Waals surface area contributed by atoms with Gasteiger partial charge in [-0.15, -0.1) is 0 Å². The molecule has 37 heavy (non-hydrogen) atoms. The molecular formula is C27H22F3N5O2. The van der Waals surface area contributed by atoms with E-state index in [1.54, 1.807) is 29.3 Å². The summed E-state index contributed by atoms with van der Waals surface area (Å²) in [5.41, 5.74) is 1.37. The second kappa shape index (κ2) is 9.96. The van der Waals surface area contributed by atoms with Gasteiger partial charge in [-0.05, 0) is 72.9 Å². The molecule has 4 aromatic rings. The minimum atomic E-state index is -4.60. The minimum Gasteiger partial charge on any atom is -0.339 e. The van der Waals surface area contributed by atoms with Gasteiger partial charge >= 0.3 is 6.18 Å². The molecule has 5 rings (SSSR count). The number of rotatable bonds is 4. The molecule has 1 N–H and O–H groups in total. The summed E-state index contributed by atoms with van der Waals surface area (Å²) in [7, 11) is 0. The second-order valence-corrected chi connectivity index (χ2v) is 8.82. The molecule has 1 aliphatic rings. The van der Waals surface area contributed by atoms with E-state index in [4.69, 9.17) is 0 Å². The highest BCUT2D eigenvalue weighted by Gasteiger charge is 2.33. The molecule has 1 fully saturated rings. The maximum Gasteiger partial charge on any atom is 0.433 e. The summed E-state index contributed by atoms with van der Waals surface area (Å²) in [5, 5.41) is 3.69. The summed E-state index contributed by atoms with van der Waals surface area (Å²) in [4.78, 5) is 38.7. The molecule has 1 aromatic carbocycles. The van der Waals surface area contributed by atoms with Gasteiger partial charge in [-0.3, -0.25) is 14.6 Å². The van der Waals surface area contributed by atoms with E-state index in [0.717, 1.165) is 23.2 Å². The number of anilines is 1. The van der Waals surface area contributed by atoms with Gasteiger partial charge in [0, 0.05) is 42.1 Å². The summed E-state index contributed by atoms with van der Waals surface area (Å²) in [5.74, 6) is -0.566. The smallest absolute Gasteiger partial charge is 0.339 e. The first-order chi connectivity index (χ1) is 17.8. The maximum absolute atomic E-state index is 12.9. The number of nitrogens with zero attached hydrogens (tertiary/aromatic N) is 4. The molecule has 4 heterocycles. The molecule has 0 aliphatic carbocycles. The van der Waals surface area contributed by atoms with Crippen molar-refractivity contribution in [1.82, 2.24) is 19.9 Å². The average Bonchev–Trinajstić information content (AvgIpc) is 2.92. The molecule has 0 saturated carbocycles. The van der Waals surface area contributed by atoms with Crippen LogP contribution >= 0.6 is 0 Å². The fraction of sp³-hybridized carbons (Fsp3) is 0.222. The molecule has 0 radical (unpaired) electrons. The highest BCUT2D eigenvalue weighted by molar-refractivity contribution is 6.03. The zero-order chi connectivity index (χ0) is 26.0. The van der Waals surface area contributed by atoms with Gasteiger partial charge in [0.15, 0.2) is 5.65 Å². The van der Waals surface area contributed by atoms with Gasteiger partial charge in [0.05, 0.1) is 0 Å². The molecule has 0 atom stereocenters. The second-order valence-electron chi connectivity index (χ2n) is 8.82. The van der Waals surface area contributed by atoms with Crippen molar-refractivity contribution in [2.24, 2.45) is 0 Å². The number of fused-ring (bicyclic) bond motifs is 1. The van der Waals surface area contributed by atoms with Crippen molar-refractivity contribution >= 4 is 28.5 Å². The number of aromatic nitrogens is 3. The normalized spacial score (nSPS) is 14.5. The number of hydrogen-bond acceptors (Lipinski definition) is 5. The standard InChI is InChI=1S/C27H22F3N5O2/c28-27(29,30)23-16-20(9-13-31-23)26(37)35-14-10-18(11-15-35)17-3-6-21(7-4-17)33-25(36)22-8-5-19-2-1-12-32-24(19)34-22/h1-9,12-13,16,18H,10-11,14-15H2,(H,33,36). The first-order valence-corrected chi connectivity index (χ1v) is 11.7. The van der Waals surface area contributed by atoms with Crippen molar-refractivity contribution in [3.8, 4) is 0 Å². The van der Waals surface area contributed by atoms with Crippen LogP contribution < -0.4 is 5.32 Å². The Hall–Kier alpha value is -4.34. The largest absolute Gasteiger partial charge is 0.433 e. The van der Waals surface area contributed by atoms with Crippen LogP contribution in [0.4, 0.5) is 18.9 Å². The van der Waals surface area contributed by atoms with E-state index in [9.17, 15) is 22.8 Å². The lowest BCUT2D eigenvalue weighted by Gasteiger charge is -2.32. The Balaban J connectivity index is 1.18. The third kappa shape index (κ3) is 5.42. The molecule has 2 amide bonds. The molecule has 188 valence electrons. The Bertz CT molecular complexity index is 1450. The van der Waals surface area contributed by atoms with E-state index in [1.165, 1.54) is 6.07 Å². The van der Waals surface area contributed by atoms with Crippen LogP contribution in [-0.2, 0) is 6.18 Å². The molecule has 10 heteroatoms. The van der Waals surface area contributed by atoms with Crippen LogP contribution in [0.15, 0.2) is 73.1 Å². The Morgan fingerprint density at radius 2 is 1.68 bits per heavy atom. The third-order valence-corrected chi connectivity index (χ3v) is 6.42. The summed E-state index contributed by atoms with van der Waals surface area (Å²) < 4.78 is 38.8. The maximum atomic E-state index is 12.9. The van der Waals surface area contributed by atoms with E-state index in [0.29, 0.717) is 37.3 Å². The number of benzene rings is 1. The van der Waals surface area contributed by atoms with Gasteiger partial charge in [-0.25, -0.2) is 9.97 Å². The first kappa shape index (κ1) is 24.4. The van der Waals surface area contributed by atoms with Crippen molar-refractivity contribution in [3.05, 3.63) is 95.6 Å². The van der Waals surface area contributed by atoms with Crippen LogP contribution in [0.2, 0.25) is 0 Å². The van der Waals surface area contributed by atoms with Crippen molar-refractivity contribution in [2.75, 3.05) is 18.4 Å². The predicted octanol–water partition coefficient (Wildman–Crippen LogP) is 5.32. The van der Waals surface area contributed by atoms with Crippen molar-refractivity contribution in [2.45, 2.75) is 24.9 Å². The number of carbonyl (C=O) groups is 2. The molecular weight excluding hydrogens is 483 g/mol. The number of hydrogen-bond donors (Lipinski definition) is 1. The number of halogens is 3. The van der Waals surface area contributed by atoms with Crippen molar-refractivity contribution < 1.29 is 22.8 Å². The third-order valence-electron chi connectivity index (χ3n) is 6.42. The fourth-order valence-corrected chi connectivity index (χ4v) is 4.43. The molecule has 3 aromatic heterocycles. The quantitative estimate of drug-likeness (QED) is 0.406. The summed E-state index contributed by atoms with van der Waals surface area (Å²) in [6.07, 6.45) is -0.599. The topological polar surface area (TPSA) is 88.1 Å². The Labute approximate surface area is 210 Å². The van der Waals surface area contributed by atoms with E-state index < -0.39 is 17.8 Å². The highest BCUT2D eigenvalue weighted by atomic mass is 19.4. The zero-order valence-electron chi connectivity index (χ0n) is 19.6. The molecule has 0 spiro atoms. The van der Waals surface area contributed by atoms with Gasteiger partial charge < -0.3 is 10.2 Å². The van der Waals surface area contributed by atoms with Crippen LogP contribution in [0.25, 0.3) is 11.0 Å². The molecule has 7 nitrogen and oxygen atoms in total. The Morgan fingerprint density at radius 3 is 2.41 bits per heavy atom. The van der Waals surface area contributed by atoms with Crippen molar-refractivity contribution in [3.63, 3.8) is 0 Å². The van der Waals surface area contributed by atoms with E-state index in [2.05, 4.69) is 20.3 Å². The molecule has 0 unspecified atom stereocenters. The van der Waals surface area contributed by atoms with Crippen molar-refractivity contribution in [1.29, 1.82) is 0 Å². The number of amides is 2. The highest BCUT2D eigenvalue weighted by Crippen LogP contribution is 2.31. The Kier molecular flexibility index (Phi) is 6.56. The fourth-order valence-electron chi connectivity index (χ4n) is 4.43. The lowest BCUT2D eigenvalue weighted by Crippen LogP contribution is -2.38. The van der Waals surface area contributed by atoms with Gasteiger partial charge in [0.1, 0.15) is 11.4 Å². The number of nitrogens with one attached hydrogen (secondary N) is 1. The number of piperidine rings is 1. The van der Waals surface area contributed by atoms with Crippen LogP contribution in [-0.4, -0.2) is 44.8 Å². The molecule has 1 saturated heterocycles. The van der Waals surface area contributed by atoms with E-state index >= 15 is 0 Å².